The van der Waals surface area contributed by atoms with Gasteiger partial charge < -0.3 is 9.64 Å². The fraction of sp³-hybridized carbons (Fsp3) is 0.438. The molecular formula is C16H16N2O3S. The lowest BCUT2D eigenvalue weighted by Gasteiger charge is -2.29. The Bertz CT molecular complexity index is 652. The van der Waals surface area contributed by atoms with Crippen LogP contribution in [0.15, 0.2) is 24.3 Å². The summed E-state index contributed by atoms with van der Waals surface area (Å²) in [5.74, 6) is 0.276. The van der Waals surface area contributed by atoms with Gasteiger partial charge in [0.15, 0.2) is 0 Å². The van der Waals surface area contributed by atoms with Crippen LogP contribution >= 0.6 is 11.8 Å². The Kier molecular flexibility index (Phi) is 3.83. The van der Waals surface area contributed by atoms with E-state index in [1.165, 1.54) is 0 Å². The number of nitrogens with zero attached hydrogens (tertiary/aromatic N) is 2. The molecule has 0 aromatic heterocycles. The number of amides is 1. The van der Waals surface area contributed by atoms with Gasteiger partial charge in [-0.05, 0) is 31.0 Å². The third kappa shape index (κ3) is 2.57. The van der Waals surface area contributed by atoms with Crippen LogP contribution in [0.3, 0.4) is 0 Å². The van der Waals surface area contributed by atoms with Gasteiger partial charge in [-0.1, -0.05) is 12.1 Å². The van der Waals surface area contributed by atoms with Crippen molar-refractivity contribution in [2.75, 3.05) is 5.75 Å². The smallest absolute Gasteiger partial charge is 0.330 e. The molecule has 6 heteroatoms. The fourth-order valence-electron chi connectivity index (χ4n) is 2.92. The van der Waals surface area contributed by atoms with Crippen LogP contribution in [0.25, 0.3) is 0 Å². The largest absolute Gasteiger partial charge is 0.459 e. The van der Waals surface area contributed by atoms with Crippen molar-refractivity contribution in [1.82, 2.24) is 4.90 Å². The molecule has 2 heterocycles. The topological polar surface area (TPSA) is 70.4 Å². The highest BCUT2D eigenvalue weighted by molar-refractivity contribution is 8.01. The van der Waals surface area contributed by atoms with E-state index in [4.69, 9.17) is 10.00 Å². The second-order valence-electron chi connectivity index (χ2n) is 5.68. The van der Waals surface area contributed by atoms with Gasteiger partial charge in [-0.2, -0.15) is 5.26 Å². The van der Waals surface area contributed by atoms with Crippen molar-refractivity contribution in [2.45, 2.75) is 37.3 Å². The monoisotopic (exact) mass is 316 g/mol. The van der Waals surface area contributed by atoms with Crippen LogP contribution in [0, 0.1) is 11.3 Å². The standard InChI is InChI=1S/C16H16N2O3S/c1-16-7-6-14(19)18(16)13(10-22-16)15(20)21-9-12-4-2-11(8-17)3-5-12/h2-5,13H,6-7,9-10H2,1H3/t13-,16+/m0/s1. The molecule has 5 nitrogen and oxygen atoms in total. The van der Waals surface area contributed by atoms with Crippen LogP contribution in [0.2, 0.25) is 0 Å². The zero-order valence-electron chi connectivity index (χ0n) is 12.2. The number of fused-ring (bicyclic) bond motifs is 1. The minimum absolute atomic E-state index is 0.0350. The van der Waals surface area contributed by atoms with Gasteiger partial charge in [0.2, 0.25) is 5.91 Å². The summed E-state index contributed by atoms with van der Waals surface area (Å²) in [6.07, 6.45) is 1.29. The van der Waals surface area contributed by atoms with Crippen molar-refractivity contribution >= 4 is 23.6 Å². The molecule has 0 unspecified atom stereocenters. The van der Waals surface area contributed by atoms with Crippen LogP contribution in [0.5, 0.6) is 0 Å². The predicted molar refractivity (Wildman–Crippen MR) is 81.7 cm³/mol. The first-order chi connectivity index (χ1) is 10.5. The number of rotatable bonds is 3. The maximum Gasteiger partial charge on any atom is 0.330 e. The molecule has 22 heavy (non-hydrogen) atoms. The quantitative estimate of drug-likeness (QED) is 0.798. The van der Waals surface area contributed by atoms with Crippen molar-refractivity contribution in [3.8, 4) is 6.07 Å². The molecule has 0 bridgehead atoms. The van der Waals surface area contributed by atoms with Gasteiger partial charge in [0, 0.05) is 12.2 Å². The molecule has 3 rings (SSSR count). The van der Waals surface area contributed by atoms with Crippen molar-refractivity contribution in [3.63, 3.8) is 0 Å². The highest BCUT2D eigenvalue weighted by Crippen LogP contribution is 2.47. The second-order valence-corrected chi connectivity index (χ2v) is 7.18. The number of thioether (sulfide) groups is 1. The van der Waals surface area contributed by atoms with Gasteiger partial charge in [-0.15, -0.1) is 11.8 Å². The van der Waals surface area contributed by atoms with Gasteiger partial charge in [-0.25, -0.2) is 4.79 Å². The molecule has 2 atom stereocenters. The summed E-state index contributed by atoms with van der Waals surface area (Å²) in [7, 11) is 0. The first-order valence-electron chi connectivity index (χ1n) is 7.15. The highest BCUT2D eigenvalue weighted by atomic mass is 32.2. The molecule has 0 N–H and O–H groups in total. The Hall–Kier alpha value is -2.00. The lowest BCUT2D eigenvalue weighted by Crippen LogP contribution is -2.46. The summed E-state index contributed by atoms with van der Waals surface area (Å²) in [4.78, 5) is 25.7. The van der Waals surface area contributed by atoms with Crippen molar-refractivity contribution < 1.29 is 14.3 Å². The average molecular weight is 316 g/mol. The van der Waals surface area contributed by atoms with Crippen molar-refractivity contribution in [1.29, 1.82) is 5.26 Å². The van der Waals surface area contributed by atoms with Crippen molar-refractivity contribution in [3.05, 3.63) is 35.4 Å². The SMILES string of the molecule is C[C@@]12CCC(=O)N1[C@H](C(=O)OCc1ccc(C#N)cc1)CS2. The number of hydrogen-bond acceptors (Lipinski definition) is 5. The molecule has 2 fully saturated rings. The van der Waals surface area contributed by atoms with Crippen molar-refractivity contribution in [2.24, 2.45) is 0 Å². The normalized spacial score (nSPS) is 26.6. The highest BCUT2D eigenvalue weighted by Gasteiger charge is 2.53. The zero-order valence-corrected chi connectivity index (χ0v) is 13.1. The summed E-state index contributed by atoms with van der Waals surface area (Å²) < 4.78 is 5.36. The molecule has 0 radical (unpaired) electrons. The minimum atomic E-state index is -0.483. The van der Waals surface area contributed by atoms with E-state index < -0.39 is 6.04 Å². The molecule has 1 amide bonds. The number of ether oxygens (including phenoxy) is 1. The Morgan fingerprint density at radius 3 is 2.91 bits per heavy atom. The summed E-state index contributed by atoms with van der Waals surface area (Å²) in [6, 6.07) is 8.47. The van der Waals surface area contributed by atoms with Gasteiger partial charge in [0.25, 0.3) is 0 Å². The van der Waals surface area contributed by atoms with E-state index in [0.717, 1.165) is 12.0 Å². The van der Waals surface area contributed by atoms with Crippen LogP contribution < -0.4 is 0 Å². The predicted octanol–water partition coefficient (Wildman–Crippen LogP) is 2.06. The number of hydrogen-bond donors (Lipinski definition) is 0. The second kappa shape index (κ2) is 5.65. The molecular weight excluding hydrogens is 300 g/mol. The molecule has 0 saturated carbocycles. The number of esters is 1. The van der Waals surface area contributed by atoms with Crippen LogP contribution in [-0.4, -0.2) is 33.4 Å². The van der Waals surface area contributed by atoms with Crippen LogP contribution in [0.4, 0.5) is 0 Å². The van der Waals surface area contributed by atoms with E-state index >= 15 is 0 Å². The lowest BCUT2D eigenvalue weighted by atomic mass is 10.1. The molecule has 114 valence electrons. The van der Waals surface area contributed by atoms with Gasteiger partial charge in [-0.3, -0.25) is 4.79 Å². The zero-order chi connectivity index (χ0) is 15.7. The molecule has 2 aliphatic rings. The lowest BCUT2D eigenvalue weighted by molar-refractivity contribution is -0.154. The van der Waals surface area contributed by atoms with E-state index in [1.54, 1.807) is 40.9 Å². The summed E-state index contributed by atoms with van der Waals surface area (Å²) in [6.45, 7) is 2.17. The van der Waals surface area contributed by atoms with Gasteiger partial charge in [0.1, 0.15) is 12.6 Å². The van der Waals surface area contributed by atoms with E-state index in [1.807, 2.05) is 13.0 Å². The number of benzene rings is 1. The molecule has 2 saturated heterocycles. The molecule has 0 spiro atoms. The van der Waals surface area contributed by atoms with Crippen LogP contribution in [0.1, 0.15) is 30.9 Å². The van der Waals surface area contributed by atoms with E-state index in [-0.39, 0.29) is 23.4 Å². The Morgan fingerprint density at radius 2 is 2.23 bits per heavy atom. The Balaban J connectivity index is 1.63. The van der Waals surface area contributed by atoms with E-state index in [9.17, 15) is 9.59 Å². The summed E-state index contributed by atoms with van der Waals surface area (Å²) in [5.41, 5.74) is 1.40. The Labute approximate surface area is 133 Å². The molecule has 1 aromatic rings. The molecule has 2 aliphatic heterocycles. The van der Waals surface area contributed by atoms with E-state index in [0.29, 0.717) is 17.7 Å². The van der Waals surface area contributed by atoms with Gasteiger partial charge in [0.05, 0.1) is 16.5 Å². The Morgan fingerprint density at radius 1 is 1.50 bits per heavy atom. The third-order valence-corrected chi connectivity index (χ3v) is 5.69. The number of carbonyl (C=O) groups excluding carboxylic acids is 2. The maximum absolute atomic E-state index is 12.3. The van der Waals surface area contributed by atoms with E-state index in [2.05, 4.69) is 0 Å². The summed E-state index contributed by atoms with van der Waals surface area (Å²) >= 11 is 1.65. The number of carbonyl (C=O) groups is 2. The third-order valence-electron chi connectivity index (χ3n) is 4.18. The van der Waals surface area contributed by atoms with Crippen LogP contribution in [-0.2, 0) is 20.9 Å². The number of nitriles is 1. The molecule has 0 aliphatic carbocycles. The first-order valence-corrected chi connectivity index (χ1v) is 8.14. The maximum atomic E-state index is 12.3. The minimum Gasteiger partial charge on any atom is -0.459 e. The fourth-order valence-corrected chi connectivity index (χ4v) is 4.34. The molecule has 1 aromatic carbocycles. The first kappa shape index (κ1) is 14.9. The summed E-state index contributed by atoms with van der Waals surface area (Å²) in [5, 5.41) is 8.75. The van der Waals surface area contributed by atoms with Gasteiger partial charge >= 0.3 is 5.97 Å². The average Bonchev–Trinajstić information content (AvgIpc) is 3.02.